The molecule has 4 aromatic rings. The Morgan fingerprint density at radius 2 is 0.855 bits per heavy atom. The number of amides is 2. The molecule has 5 aliphatic rings. The molecule has 0 bridgehead atoms. The zero-order valence-corrected chi connectivity index (χ0v) is 49.3. The maximum atomic E-state index is 13.1. The molecule has 0 aromatic heterocycles. The van der Waals surface area contributed by atoms with E-state index < -0.39 is 32.3 Å². The molecular formula is C58H80B3BrN2O12. The fraction of sp³-hybridized carbons (Fsp3) is 0.552. The standard InChI is InChI=1S/C26H34BNO5.C20H22BrNO3.C12H24B2O4/c1-24(2,30)17-31-21-12-9-19-13-14-28(22(19)16-21)23(29)15-18-7-10-20(11-8-18)27-32-25(3,4)26(5,6)33-27;1-20(2,24)13-25-17-8-5-15-9-10-22(18(15)12-17)19(23)11-14-3-6-16(21)7-4-14;1-9(2)10(3,4)16-13(15-9)14-17-11(5,6)12(7,8)18-14/h7-12,16,30H,13-15,17H2,1-6H3;3-8,12,24H,9-11,13H2,1-2H3;1-8H3. The molecule has 14 nitrogen and oxygen atoms in total. The van der Waals surface area contributed by atoms with Crippen molar-refractivity contribution >= 4 is 65.7 Å². The lowest BCUT2D eigenvalue weighted by molar-refractivity contribution is -0.118. The lowest BCUT2D eigenvalue weighted by atomic mass is 9.49. The van der Waals surface area contributed by atoms with Crippen LogP contribution in [0.2, 0.25) is 0 Å². The van der Waals surface area contributed by atoms with Gasteiger partial charge in [0, 0.05) is 29.7 Å². The Labute approximate surface area is 461 Å². The van der Waals surface area contributed by atoms with Crippen LogP contribution in [0.25, 0.3) is 0 Å². The molecule has 2 amide bonds. The summed E-state index contributed by atoms with van der Waals surface area (Å²) in [6.45, 7) is 32.9. The molecule has 0 unspecified atom stereocenters. The highest BCUT2D eigenvalue weighted by Crippen LogP contribution is 2.43. The van der Waals surface area contributed by atoms with E-state index in [4.69, 9.17) is 37.4 Å². The monoisotopic (exact) mass is 1110 g/mol. The van der Waals surface area contributed by atoms with E-state index in [0.717, 1.165) is 56.4 Å². The van der Waals surface area contributed by atoms with Crippen LogP contribution in [0.1, 0.15) is 133 Å². The number of benzene rings is 4. The Hall–Kier alpha value is -4.23. The van der Waals surface area contributed by atoms with Gasteiger partial charge in [0.2, 0.25) is 11.8 Å². The second kappa shape index (κ2) is 22.1. The first-order chi connectivity index (χ1) is 35.0. The minimum absolute atomic E-state index is 0.0526. The summed E-state index contributed by atoms with van der Waals surface area (Å²) in [7, 11) is -1.36. The van der Waals surface area contributed by atoms with Gasteiger partial charge in [-0.25, -0.2) is 0 Å². The Morgan fingerprint density at radius 1 is 0.526 bits per heavy atom. The second-order valence-corrected chi connectivity index (χ2v) is 25.8. The molecule has 2 N–H and O–H groups in total. The Morgan fingerprint density at radius 3 is 1.20 bits per heavy atom. The molecule has 18 heteroatoms. The zero-order valence-electron chi connectivity index (χ0n) is 47.7. The highest BCUT2D eigenvalue weighted by atomic mass is 79.9. The first kappa shape index (κ1) is 59.4. The SMILES string of the molecule is CC(C)(O)COc1ccc2c(c1)N(C(=O)Cc1ccc(B3OC(C)(C)C(C)(C)O3)cc1)CC2.CC(C)(O)COc1ccc2c(c1)N(C(=O)Cc1ccc(Br)cc1)CC2.CC1(C)OB(B2OC(C)(C)C(C)(C)O2)OC1(C)C. The lowest BCUT2D eigenvalue weighted by Gasteiger charge is -2.32. The summed E-state index contributed by atoms with van der Waals surface area (Å²) in [4.78, 5) is 29.5. The zero-order chi connectivity index (χ0) is 56.0. The number of nitrogens with zero attached hydrogens (tertiary/aromatic N) is 2. The number of ether oxygens (including phenoxy) is 2. The molecule has 76 heavy (non-hydrogen) atoms. The summed E-state index contributed by atoms with van der Waals surface area (Å²) in [5.74, 6) is 1.46. The van der Waals surface area contributed by atoms with E-state index in [1.165, 1.54) is 0 Å². The number of aliphatic hydroxyl groups is 2. The molecular weight excluding hydrogens is 1030 g/mol. The van der Waals surface area contributed by atoms with Gasteiger partial charge in [0.05, 0.1) is 69.0 Å². The molecule has 0 atom stereocenters. The highest BCUT2D eigenvalue weighted by molar-refractivity contribution is 9.10. The van der Waals surface area contributed by atoms with Gasteiger partial charge in [0.15, 0.2) is 0 Å². The molecule has 410 valence electrons. The van der Waals surface area contributed by atoms with Crippen LogP contribution in [-0.2, 0) is 63.2 Å². The molecule has 0 aliphatic carbocycles. The summed E-state index contributed by atoms with van der Waals surface area (Å²) < 4.78 is 48.5. The largest absolute Gasteiger partial charge is 0.494 e. The van der Waals surface area contributed by atoms with Crippen molar-refractivity contribution in [3.8, 4) is 11.5 Å². The number of rotatable bonds is 12. The third-order valence-corrected chi connectivity index (χ3v) is 16.1. The summed E-state index contributed by atoms with van der Waals surface area (Å²) >= 11 is 3.41. The van der Waals surface area contributed by atoms with Crippen LogP contribution in [0.15, 0.2) is 89.4 Å². The molecule has 0 spiro atoms. The Kier molecular flexibility index (Phi) is 17.3. The lowest BCUT2D eigenvalue weighted by Crippen LogP contribution is -2.41. The van der Waals surface area contributed by atoms with Gasteiger partial charge in [-0.1, -0.05) is 64.5 Å². The van der Waals surface area contributed by atoms with Crippen molar-refractivity contribution in [2.45, 2.75) is 181 Å². The maximum Gasteiger partial charge on any atom is 0.494 e. The summed E-state index contributed by atoms with van der Waals surface area (Å²) in [5, 5.41) is 19.7. The summed E-state index contributed by atoms with van der Waals surface area (Å²) in [5.41, 5.74) is 2.97. The molecule has 5 heterocycles. The van der Waals surface area contributed by atoms with Gasteiger partial charge in [0.25, 0.3) is 0 Å². The fourth-order valence-corrected chi connectivity index (χ4v) is 9.11. The highest BCUT2D eigenvalue weighted by Gasteiger charge is 2.64. The average molecular weight is 1110 g/mol. The topological polar surface area (TPSA) is 155 Å². The van der Waals surface area contributed by atoms with Gasteiger partial charge in [-0.3, -0.25) is 9.59 Å². The first-order valence-corrected chi connectivity index (χ1v) is 27.3. The number of carbonyl (C=O) groups excluding carboxylic acids is 2. The van der Waals surface area contributed by atoms with Crippen molar-refractivity contribution in [3.05, 3.63) is 112 Å². The molecule has 5 aliphatic heterocycles. The van der Waals surface area contributed by atoms with Gasteiger partial charge < -0.3 is 57.4 Å². The predicted octanol–water partition coefficient (Wildman–Crippen LogP) is 9.25. The van der Waals surface area contributed by atoms with Gasteiger partial charge in [-0.2, -0.15) is 0 Å². The second-order valence-electron chi connectivity index (χ2n) is 24.9. The van der Waals surface area contributed by atoms with E-state index in [9.17, 15) is 19.8 Å². The maximum absolute atomic E-state index is 13.1. The van der Waals surface area contributed by atoms with Gasteiger partial charge in [-0.05, 0) is 176 Å². The van der Waals surface area contributed by atoms with E-state index in [0.29, 0.717) is 37.4 Å². The third kappa shape index (κ3) is 14.1. The van der Waals surface area contributed by atoms with Crippen LogP contribution in [0, 0.1) is 0 Å². The summed E-state index contributed by atoms with van der Waals surface area (Å²) in [6.07, 6.45) is 2.38. The van der Waals surface area contributed by atoms with Crippen molar-refractivity contribution < 1.29 is 57.2 Å². The molecule has 9 rings (SSSR count). The number of hydrogen-bond donors (Lipinski definition) is 2. The van der Waals surface area contributed by atoms with E-state index in [-0.39, 0.29) is 58.6 Å². The number of anilines is 2. The number of fused-ring (bicyclic) bond motifs is 2. The van der Waals surface area contributed by atoms with E-state index >= 15 is 0 Å². The van der Waals surface area contributed by atoms with Gasteiger partial charge in [0.1, 0.15) is 24.7 Å². The molecule has 0 saturated carbocycles. The summed E-state index contributed by atoms with van der Waals surface area (Å²) in [6, 6.07) is 27.3. The molecule has 3 saturated heterocycles. The number of halogens is 1. The normalized spacial score (nSPS) is 20.3. The van der Waals surface area contributed by atoms with Gasteiger partial charge in [-0.15, -0.1) is 0 Å². The molecule has 3 fully saturated rings. The first-order valence-electron chi connectivity index (χ1n) is 26.5. The van der Waals surface area contributed by atoms with Crippen LogP contribution in [0.3, 0.4) is 0 Å². The minimum atomic E-state index is -0.916. The molecule has 4 aromatic carbocycles. The Bertz CT molecular complexity index is 2620. The van der Waals surface area contributed by atoms with Crippen molar-refractivity contribution in [2.75, 3.05) is 36.1 Å². The van der Waals surface area contributed by atoms with Crippen molar-refractivity contribution in [1.82, 2.24) is 0 Å². The van der Waals surface area contributed by atoms with E-state index in [1.807, 2.05) is 178 Å². The van der Waals surface area contributed by atoms with Crippen LogP contribution in [0.5, 0.6) is 11.5 Å². The van der Waals surface area contributed by atoms with Crippen molar-refractivity contribution in [3.63, 3.8) is 0 Å². The van der Waals surface area contributed by atoms with E-state index in [2.05, 4.69) is 15.9 Å². The number of hydrogen-bond acceptors (Lipinski definition) is 12. The Balaban J connectivity index is 0.000000174. The minimum Gasteiger partial charge on any atom is -0.491 e. The predicted molar refractivity (Wildman–Crippen MR) is 304 cm³/mol. The van der Waals surface area contributed by atoms with Crippen molar-refractivity contribution in [2.24, 2.45) is 0 Å². The van der Waals surface area contributed by atoms with Crippen LogP contribution in [-0.4, -0.2) is 114 Å². The van der Waals surface area contributed by atoms with Crippen LogP contribution < -0.4 is 24.7 Å². The van der Waals surface area contributed by atoms with Crippen LogP contribution in [0.4, 0.5) is 11.4 Å². The number of carbonyl (C=O) groups is 2. The third-order valence-electron chi connectivity index (χ3n) is 15.6. The molecule has 0 radical (unpaired) electrons. The van der Waals surface area contributed by atoms with Gasteiger partial charge >= 0.3 is 21.1 Å². The smallest absolute Gasteiger partial charge is 0.491 e. The van der Waals surface area contributed by atoms with Crippen molar-refractivity contribution in [1.29, 1.82) is 0 Å². The average Bonchev–Trinajstić information content (AvgIpc) is 4.08. The van der Waals surface area contributed by atoms with E-state index in [1.54, 1.807) is 27.7 Å². The fourth-order valence-electron chi connectivity index (χ4n) is 8.85. The van der Waals surface area contributed by atoms with Crippen LogP contribution >= 0.6 is 15.9 Å². The quantitative estimate of drug-likeness (QED) is 0.130.